The van der Waals surface area contributed by atoms with E-state index >= 15 is 0 Å². The van der Waals surface area contributed by atoms with Gasteiger partial charge in [0.15, 0.2) is 5.03 Å². The first-order valence-electron chi connectivity index (χ1n) is 7.50. The van der Waals surface area contributed by atoms with Gasteiger partial charge in [0.25, 0.3) is 0 Å². The van der Waals surface area contributed by atoms with E-state index < -0.39 is 17.0 Å². The van der Waals surface area contributed by atoms with Crippen molar-refractivity contribution in [2.75, 3.05) is 0 Å². The number of para-hydroxylation sites is 1. The first-order chi connectivity index (χ1) is 12.1. The molecule has 1 aromatic heterocycles. The summed E-state index contributed by atoms with van der Waals surface area (Å²) in [5.41, 5.74) is 1.59. The molecule has 1 heterocycles. The molecule has 9 nitrogen and oxygen atoms in total. The molecule has 0 amide bonds. The number of nitro groups is 1. The summed E-state index contributed by atoms with van der Waals surface area (Å²) in [6.45, 7) is 0. The number of aromatic nitrogens is 1. The molecule has 0 saturated heterocycles. The van der Waals surface area contributed by atoms with Crippen LogP contribution in [0.2, 0.25) is 0 Å². The lowest BCUT2D eigenvalue weighted by atomic mass is 10.1. The smallest absolute Gasteiger partial charge is 0.333 e. The molecule has 1 atom stereocenters. The molecule has 0 aliphatic heterocycles. The lowest BCUT2D eigenvalue weighted by Crippen LogP contribution is -2.41. The Kier molecular flexibility index (Phi) is 7.79. The zero-order valence-corrected chi connectivity index (χ0v) is 15.3. The highest BCUT2D eigenvalue weighted by Gasteiger charge is 2.35. The minimum atomic E-state index is -1.31. The Balaban J connectivity index is 0.00000182. The van der Waals surface area contributed by atoms with Gasteiger partial charge in [0.1, 0.15) is 0 Å². The minimum absolute atomic E-state index is 0. The number of carbonyl (C=O) groups is 1. The van der Waals surface area contributed by atoms with Gasteiger partial charge in [-0.1, -0.05) is 36.4 Å². The molecular weight excluding hydrogens is 370 g/mol. The maximum atomic E-state index is 11.7. The Morgan fingerprint density at radius 3 is 2.41 bits per heavy atom. The van der Waals surface area contributed by atoms with Gasteiger partial charge >= 0.3 is 5.97 Å². The third-order valence-electron chi connectivity index (χ3n) is 3.74. The summed E-state index contributed by atoms with van der Waals surface area (Å²) in [4.78, 5) is 26.9. The average molecular weight is 391 g/mol. The molecule has 8 N–H and O–H groups in total. The van der Waals surface area contributed by atoms with Crippen LogP contribution in [0.25, 0.3) is 10.9 Å². The normalized spacial score (nSPS) is 11.1. The van der Waals surface area contributed by atoms with Crippen LogP contribution in [0, 0.1) is 10.1 Å². The number of aliphatic carboxylic acids is 1. The van der Waals surface area contributed by atoms with E-state index in [4.69, 9.17) is 0 Å². The highest BCUT2D eigenvalue weighted by atomic mass is 32.2. The molecule has 0 fully saturated rings. The van der Waals surface area contributed by atoms with Gasteiger partial charge in [0.05, 0.1) is 11.9 Å². The largest absolute Gasteiger partial charge is 0.480 e. The third kappa shape index (κ3) is 4.97. The van der Waals surface area contributed by atoms with Crippen molar-refractivity contribution in [3.63, 3.8) is 0 Å². The Morgan fingerprint density at radius 1 is 1.15 bits per heavy atom. The van der Waals surface area contributed by atoms with Crippen molar-refractivity contribution >= 4 is 28.8 Å². The number of nitrogens with one attached hydrogen (secondary N) is 1. The Labute approximate surface area is 159 Å². The summed E-state index contributed by atoms with van der Waals surface area (Å²) in [6, 6.07) is 14.8. The summed E-state index contributed by atoms with van der Waals surface area (Å²) < 4.78 is 0.694. The Hall–Kier alpha value is -3.08. The quantitative estimate of drug-likeness (QED) is 0.268. The van der Waals surface area contributed by atoms with Crippen LogP contribution in [0.4, 0.5) is 0 Å². The van der Waals surface area contributed by atoms with Crippen LogP contribution in [-0.2, 0) is 11.2 Å². The van der Waals surface area contributed by atoms with Gasteiger partial charge in [-0.15, -0.1) is 0 Å². The lowest BCUT2D eigenvalue weighted by Gasteiger charge is -2.19. The predicted octanol–water partition coefficient (Wildman–Crippen LogP) is 3.69. The maximum Gasteiger partial charge on any atom is 0.333 e. The Morgan fingerprint density at radius 2 is 1.78 bits per heavy atom. The van der Waals surface area contributed by atoms with Crippen LogP contribution < -0.4 is 12.3 Å². The number of benzene rings is 2. The maximum absolute atomic E-state index is 11.7. The van der Waals surface area contributed by atoms with Gasteiger partial charge < -0.3 is 22.4 Å². The second kappa shape index (κ2) is 9.57. The summed E-state index contributed by atoms with van der Waals surface area (Å²) in [5, 5.41) is 21.2. The molecule has 3 rings (SSSR count). The van der Waals surface area contributed by atoms with Gasteiger partial charge in [0.2, 0.25) is 6.04 Å². The monoisotopic (exact) mass is 391 g/mol. The highest BCUT2D eigenvalue weighted by molar-refractivity contribution is 7.96. The number of aromatic amines is 1. The number of hydrogen-bond donors (Lipinski definition) is 4. The molecule has 3 aromatic rings. The molecule has 27 heavy (non-hydrogen) atoms. The zero-order valence-electron chi connectivity index (χ0n) is 14.4. The zero-order chi connectivity index (χ0) is 17.8. The number of rotatable bonds is 7. The highest BCUT2D eigenvalue weighted by Crippen LogP contribution is 2.28. The average Bonchev–Trinajstić information content (AvgIpc) is 3.01. The van der Waals surface area contributed by atoms with Crippen LogP contribution in [-0.4, -0.2) is 31.5 Å². The van der Waals surface area contributed by atoms with E-state index in [2.05, 4.69) is 4.98 Å². The van der Waals surface area contributed by atoms with Gasteiger partial charge in [-0.3, -0.25) is 0 Å². The summed E-state index contributed by atoms with van der Waals surface area (Å²) >= 11 is 0.804. The van der Waals surface area contributed by atoms with Gasteiger partial charge in [-0.05, 0) is 28.2 Å². The first-order valence-corrected chi connectivity index (χ1v) is 8.28. The van der Waals surface area contributed by atoms with Crippen molar-refractivity contribution in [2.45, 2.75) is 17.4 Å². The number of hydrazine groups is 1. The van der Waals surface area contributed by atoms with Crippen LogP contribution in [0.15, 0.2) is 65.7 Å². The van der Waals surface area contributed by atoms with Crippen LogP contribution in [0.5, 0.6) is 0 Å². The molecule has 2 aromatic carbocycles. The van der Waals surface area contributed by atoms with E-state index in [-0.39, 0.29) is 18.7 Å². The molecular formula is C17H21N5O4S. The van der Waals surface area contributed by atoms with Crippen LogP contribution >= 0.6 is 11.9 Å². The van der Waals surface area contributed by atoms with Gasteiger partial charge in [0, 0.05) is 28.4 Å². The second-order valence-electron chi connectivity index (χ2n) is 5.36. The number of carboxylic acids is 1. The third-order valence-corrected chi connectivity index (χ3v) is 4.80. The molecule has 0 spiro atoms. The van der Waals surface area contributed by atoms with Crippen molar-refractivity contribution in [1.29, 1.82) is 0 Å². The topological polar surface area (TPSA) is 169 Å². The van der Waals surface area contributed by atoms with E-state index in [0.717, 1.165) is 28.4 Å². The lowest BCUT2D eigenvalue weighted by molar-refractivity contribution is -0.622. The fourth-order valence-electron chi connectivity index (χ4n) is 2.57. The van der Waals surface area contributed by atoms with Crippen molar-refractivity contribution in [2.24, 2.45) is 0 Å². The van der Waals surface area contributed by atoms with Crippen LogP contribution in [0.3, 0.4) is 0 Å². The second-order valence-corrected chi connectivity index (χ2v) is 6.39. The molecule has 10 heteroatoms. The molecule has 0 saturated carbocycles. The van der Waals surface area contributed by atoms with E-state index in [9.17, 15) is 20.0 Å². The van der Waals surface area contributed by atoms with E-state index in [0.29, 0.717) is 9.31 Å². The fraction of sp³-hybridized carbons (Fsp3) is 0.118. The molecule has 0 aliphatic rings. The van der Waals surface area contributed by atoms with Gasteiger partial charge in [-0.25, -0.2) is 14.9 Å². The number of hydrogen-bond acceptors (Lipinski definition) is 6. The SMILES string of the molecule is N.N.O=C(O)[C@H](Cc1c[nH]c2ccccc12)N(Sc1ccccc1)[N+](=O)[O-]. The molecule has 144 valence electrons. The fourth-order valence-corrected chi connectivity index (χ4v) is 3.42. The van der Waals surface area contributed by atoms with E-state index in [1.54, 1.807) is 36.5 Å². The molecule has 0 radical (unpaired) electrons. The summed E-state index contributed by atoms with van der Waals surface area (Å²) in [5.74, 6) is -1.24. The number of fused-ring (bicyclic) bond motifs is 1. The van der Waals surface area contributed by atoms with E-state index in [1.165, 1.54) is 0 Å². The molecule has 0 aliphatic carbocycles. The minimum Gasteiger partial charge on any atom is -0.480 e. The van der Waals surface area contributed by atoms with Crippen molar-refractivity contribution < 1.29 is 14.9 Å². The van der Waals surface area contributed by atoms with Gasteiger partial charge in [-0.2, -0.15) is 0 Å². The number of nitrogens with zero attached hydrogens (tertiary/aromatic N) is 2. The Bertz CT molecular complexity index is 902. The van der Waals surface area contributed by atoms with Crippen LogP contribution in [0.1, 0.15) is 5.56 Å². The van der Waals surface area contributed by atoms with Crippen molar-refractivity contribution in [3.05, 3.63) is 76.5 Å². The predicted molar refractivity (Wildman–Crippen MR) is 105 cm³/mol. The molecule has 0 bridgehead atoms. The van der Waals surface area contributed by atoms with Crippen molar-refractivity contribution in [1.82, 2.24) is 21.7 Å². The number of H-pyrrole nitrogens is 1. The molecule has 0 unspecified atom stereocenters. The standard InChI is InChI=1S/C17H15N3O4S.2H3N/c21-17(22)16(10-12-11-18-15-9-5-4-8-14(12)15)19(20(23)24)25-13-6-2-1-3-7-13;;/h1-9,11,16,18H,10H2,(H,21,22);2*1H3/t16-;;/m0../s1. The van der Waals surface area contributed by atoms with E-state index in [1.807, 2.05) is 24.3 Å². The summed E-state index contributed by atoms with van der Waals surface area (Å²) in [7, 11) is 0. The number of carboxylic acid groups (broad SMARTS) is 1. The van der Waals surface area contributed by atoms with Crippen molar-refractivity contribution in [3.8, 4) is 0 Å². The first kappa shape index (κ1) is 22.0. The summed E-state index contributed by atoms with van der Waals surface area (Å²) in [6.07, 6.45) is 1.71.